The number of benzene rings is 2. The highest BCUT2D eigenvalue weighted by molar-refractivity contribution is 5.83. The van der Waals surface area contributed by atoms with E-state index in [2.05, 4.69) is 31.3 Å². The average Bonchev–Trinajstić information content (AvgIpc) is 2.70. The van der Waals surface area contributed by atoms with Gasteiger partial charge in [-0.2, -0.15) is 5.10 Å². The van der Waals surface area contributed by atoms with Crippen LogP contribution in [0.5, 0.6) is 17.2 Å². The quantitative estimate of drug-likeness (QED) is 0.484. The zero-order chi connectivity index (χ0) is 22.1. The first-order valence-electron chi connectivity index (χ1n) is 9.33. The minimum atomic E-state index is -0.585. The molecular formula is C22H27N3O5. The average molecular weight is 413 g/mol. The summed E-state index contributed by atoms with van der Waals surface area (Å²) in [6.45, 7) is 5.98. The number of nitrogens with one attached hydrogen (secondary N) is 1. The van der Waals surface area contributed by atoms with E-state index in [1.807, 2.05) is 24.3 Å². The summed E-state index contributed by atoms with van der Waals surface area (Å²) in [6.07, 6.45) is 1.45. The number of ether oxygens (including phenoxy) is 3. The monoisotopic (exact) mass is 413 g/mol. The lowest BCUT2D eigenvalue weighted by molar-refractivity contribution is -0.123. The Morgan fingerprint density at radius 3 is 2.33 bits per heavy atom. The van der Waals surface area contributed by atoms with E-state index in [0.717, 1.165) is 0 Å². The topological polar surface area (TPSA) is 112 Å². The van der Waals surface area contributed by atoms with Gasteiger partial charge in [0.2, 0.25) is 0 Å². The van der Waals surface area contributed by atoms with Crippen molar-refractivity contribution in [1.82, 2.24) is 5.43 Å². The number of methoxy groups -OCH3 is 1. The minimum Gasteiger partial charge on any atom is -0.493 e. The summed E-state index contributed by atoms with van der Waals surface area (Å²) in [7, 11) is 1.47. The third kappa shape index (κ3) is 7.12. The summed E-state index contributed by atoms with van der Waals surface area (Å²) in [5, 5.41) is 3.90. The largest absolute Gasteiger partial charge is 0.493 e. The first kappa shape index (κ1) is 22.7. The molecule has 2 amide bonds. The first-order valence-corrected chi connectivity index (χ1v) is 9.33. The maximum absolute atomic E-state index is 11.9. The van der Waals surface area contributed by atoms with E-state index in [4.69, 9.17) is 19.9 Å². The first-order chi connectivity index (χ1) is 14.2. The van der Waals surface area contributed by atoms with Gasteiger partial charge in [0.15, 0.2) is 24.7 Å². The molecule has 0 radical (unpaired) electrons. The Balaban J connectivity index is 1.86. The van der Waals surface area contributed by atoms with Crippen molar-refractivity contribution < 1.29 is 23.8 Å². The smallest absolute Gasteiger partial charge is 0.277 e. The van der Waals surface area contributed by atoms with Crippen molar-refractivity contribution >= 4 is 18.0 Å². The van der Waals surface area contributed by atoms with Crippen LogP contribution in [0.25, 0.3) is 0 Å². The van der Waals surface area contributed by atoms with Crippen LogP contribution >= 0.6 is 0 Å². The van der Waals surface area contributed by atoms with Gasteiger partial charge in [-0.25, -0.2) is 5.43 Å². The van der Waals surface area contributed by atoms with E-state index in [0.29, 0.717) is 22.8 Å². The highest BCUT2D eigenvalue weighted by atomic mass is 16.5. The van der Waals surface area contributed by atoms with Crippen molar-refractivity contribution in [2.75, 3.05) is 20.3 Å². The van der Waals surface area contributed by atoms with Crippen molar-refractivity contribution in [3.8, 4) is 17.2 Å². The number of hydrogen-bond acceptors (Lipinski definition) is 6. The van der Waals surface area contributed by atoms with Crippen LogP contribution in [0.3, 0.4) is 0 Å². The molecule has 2 aromatic carbocycles. The number of hydrazone groups is 1. The van der Waals surface area contributed by atoms with E-state index in [-0.39, 0.29) is 24.5 Å². The molecule has 160 valence electrons. The minimum absolute atomic E-state index is 0.0550. The number of nitrogens with zero attached hydrogens (tertiary/aromatic N) is 1. The lowest BCUT2D eigenvalue weighted by Crippen LogP contribution is -2.24. The lowest BCUT2D eigenvalue weighted by atomic mass is 9.87. The molecule has 0 spiro atoms. The standard InChI is InChI=1S/C22H27N3O5/c1-22(2,3)16-6-8-17(9-7-16)29-14-21(27)25-24-12-15-5-10-18(19(11-15)28-4)30-13-20(23)26/h5-12H,13-14H2,1-4H3,(H2,23,26)(H,25,27)/b24-12-. The molecule has 0 saturated carbocycles. The predicted molar refractivity (Wildman–Crippen MR) is 114 cm³/mol. The van der Waals surface area contributed by atoms with Crippen LogP contribution in [0.1, 0.15) is 31.9 Å². The molecular weight excluding hydrogens is 386 g/mol. The second-order valence-electron chi connectivity index (χ2n) is 7.52. The van der Waals surface area contributed by atoms with Crippen LogP contribution in [-0.2, 0) is 15.0 Å². The van der Waals surface area contributed by atoms with Gasteiger partial charge in [-0.1, -0.05) is 32.9 Å². The summed E-state index contributed by atoms with van der Waals surface area (Å²) in [4.78, 5) is 22.7. The molecule has 30 heavy (non-hydrogen) atoms. The molecule has 0 aliphatic heterocycles. The molecule has 2 rings (SSSR count). The zero-order valence-corrected chi connectivity index (χ0v) is 17.6. The third-order valence-corrected chi connectivity index (χ3v) is 4.05. The highest BCUT2D eigenvalue weighted by Gasteiger charge is 2.13. The Bertz CT molecular complexity index is 902. The molecule has 0 atom stereocenters. The predicted octanol–water partition coefficient (Wildman–Crippen LogP) is 2.39. The van der Waals surface area contributed by atoms with Crippen molar-refractivity contribution in [2.24, 2.45) is 10.8 Å². The van der Waals surface area contributed by atoms with Crippen molar-refractivity contribution in [1.29, 1.82) is 0 Å². The second kappa shape index (κ2) is 10.3. The number of carbonyl (C=O) groups is 2. The number of nitrogens with two attached hydrogens (primary N) is 1. The van der Waals surface area contributed by atoms with Crippen LogP contribution < -0.4 is 25.4 Å². The molecule has 0 saturated heterocycles. The summed E-state index contributed by atoms with van der Waals surface area (Å²) in [6, 6.07) is 12.6. The molecule has 0 aromatic heterocycles. The fraction of sp³-hybridized carbons (Fsp3) is 0.318. The number of carbonyl (C=O) groups excluding carboxylic acids is 2. The number of rotatable bonds is 9. The van der Waals surface area contributed by atoms with Gasteiger partial charge in [0.05, 0.1) is 13.3 Å². The van der Waals surface area contributed by atoms with Gasteiger partial charge in [-0.3, -0.25) is 9.59 Å². The summed E-state index contributed by atoms with van der Waals surface area (Å²) >= 11 is 0. The van der Waals surface area contributed by atoms with Crippen molar-refractivity contribution in [2.45, 2.75) is 26.2 Å². The second-order valence-corrected chi connectivity index (χ2v) is 7.52. The molecule has 8 heteroatoms. The normalized spacial score (nSPS) is 11.2. The number of primary amides is 1. The van der Waals surface area contributed by atoms with E-state index in [9.17, 15) is 9.59 Å². The molecule has 2 aromatic rings. The summed E-state index contributed by atoms with van der Waals surface area (Å²) in [5.41, 5.74) is 9.37. The SMILES string of the molecule is COc1cc(/C=N\NC(=O)COc2ccc(C(C)(C)C)cc2)ccc1OCC(N)=O. The van der Waals surface area contributed by atoms with Gasteiger partial charge in [0, 0.05) is 0 Å². The lowest BCUT2D eigenvalue weighted by Gasteiger charge is -2.19. The number of amides is 2. The van der Waals surface area contributed by atoms with Gasteiger partial charge in [-0.15, -0.1) is 0 Å². The van der Waals surface area contributed by atoms with Crippen molar-refractivity contribution in [3.63, 3.8) is 0 Å². The molecule has 0 unspecified atom stereocenters. The maximum atomic E-state index is 11.9. The summed E-state index contributed by atoms with van der Waals surface area (Å²) < 4.78 is 15.9. The van der Waals surface area contributed by atoms with Gasteiger partial charge < -0.3 is 19.9 Å². The zero-order valence-electron chi connectivity index (χ0n) is 17.6. The van der Waals surface area contributed by atoms with E-state index in [1.165, 1.54) is 18.9 Å². The van der Waals surface area contributed by atoms with Crippen LogP contribution in [0.4, 0.5) is 0 Å². The Morgan fingerprint density at radius 1 is 1.03 bits per heavy atom. The summed E-state index contributed by atoms with van der Waals surface area (Å²) in [5.74, 6) is 0.424. The Morgan fingerprint density at radius 2 is 1.73 bits per heavy atom. The Kier molecular flexibility index (Phi) is 7.80. The molecule has 0 aliphatic carbocycles. The highest BCUT2D eigenvalue weighted by Crippen LogP contribution is 2.27. The van der Waals surface area contributed by atoms with Crippen LogP contribution in [0, 0.1) is 0 Å². The van der Waals surface area contributed by atoms with E-state index >= 15 is 0 Å². The van der Waals surface area contributed by atoms with Gasteiger partial charge >= 0.3 is 0 Å². The molecule has 0 bridgehead atoms. The van der Waals surface area contributed by atoms with E-state index in [1.54, 1.807) is 18.2 Å². The molecule has 0 heterocycles. The molecule has 3 N–H and O–H groups in total. The third-order valence-electron chi connectivity index (χ3n) is 4.05. The van der Waals surface area contributed by atoms with E-state index < -0.39 is 5.91 Å². The fourth-order valence-electron chi connectivity index (χ4n) is 2.44. The molecule has 8 nitrogen and oxygen atoms in total. The Labute approximate surface area is 176 Å². The van der Waals surface area contributed by atoms with Gasteiger partial charge in [-0.05, 0) is 46.9 Å². The number of hydrogen-bond donors (Lipinski definition) is 2. The molecule has 0 fully saturated rings. The van der Waals surface area contributed by atoms with Crippen LogP contribution in [0.15, 0.2) is 47.6 Å². The Hall–Kier alpha value is -3.55. The fourth-order valence-corrected chi connectivity index (χ4v) is 2.44. The van der Waals surface area contributed by atoms with Gasteiger partial charge in [0.1, 0.15) is 5.75 Å². The maximum Gasteiger partial charge on any atom is 0.277 e. The van der Waals surface area contributed by atoms with Crippen molar-refractivity contribution in [3.05, 3.63) is 53.6 Å². The molecule has 0 aliphatic rings. The van der Waals surface area contributed by atoms with Gasteiger partial charge in [0.25, 0.3) is 11.8 Å². The van der Waals surface area contributed by atoms with Crippen LogP contribution in [0.2, 0.25) is 0 Å². The van der Waals surface area contributed by atoms with Crippen LogP contribution in [-0.4, -0.2) is 38.4 Å².